The van der Waals surface area contributed by atoms with E-state index in [0.29, 0.717) is 19.4 Å². The molecule has 0 fully saturated rings. The molecule has 1 amide bonds. The molecule has 0 bridgehead atoms. The van der Waals surface area contributed by atoms with Crippen LogP contribution in [-0.2, 0) is 21.3 Å². The lowest BCUT2D eigenvalue weighted by Crippen LogP contribution is -2.33. The number of hydrogen-bond donors (Lipinski definition) is 1. The van der Waals surface area contributed by atoms with Gasteiger partial charge in [-0.2, -0.15) is 0 Å². The van der Waals surface area contributed by atoms with E-state index in [4.69, 9.17) is 4.74 Å². The van der Waals surface area contributed by atoms with Gasteiger partial charge in [-0.05, 0) is 51.8 Å². The summed E-state index contributed by atoms with van der Waals surface area (Å²) in [5.41, 5.74) is 1.31. The van der Waals surface area contributed by atoms with Crippen LogP contribution in [0.4, 0.5) is 4.79 Å². The van der Waals surface area contributed by atoms with Crippen LogP contribution in [0.1, 0.15) is 44.7 Å². The largest absolute Gasteiger partial charge is 0.443 e. The van der Waals surface area contributed by atoms with Gasteiger partial charge in [0.05, 0.1) is 11.4 Å². The molecule has 0 spiro atoms. The van der Waals surface area contributed by atoms with Gasteiger partial charge >= 0.3 is 6.09 Å². The van der Waals surface area contributed by atoms with Crippen LogP contribution in [0.15, 0.2) is 59.5 Å². The van der Waals surface area contributed by atoms with E-state index < -0.39 is 21.7 Å². The molecule has 0 unspecified atom stereocenters. The quantitative estimate of drug-likeness (QED) is 0.390. The first kappa shape index (κ1) is 24.4. The first-order valence-electron chi connectivity index (χ1n) is 10.2. The first-order valence-corrected chi connectivity index (χ1v) is 11.6. The van der Waals surface area contributed by atoms with E-state index in [1.807, 2.05) is 37.3 Å². The van der Waals surface area contributed by atoms with Crippen LogP contribution in [0.3, 0.4) is 0 Å². The molecule has 0 aliphatic rings. The zero-order valence-corrected chi connectivity index (χ0v) is 19.3. The van der Waals surface area contributed by atoms with Crippen LogP contribution in [0.25, 0.3) is 0 Å². The summed E-state index contributed by atoms with van der Waals surface area (Å²) < 4.78 is 32.6. The minimum Gasteiger partial charge on any atom is -0.443 e. The maximum absolute atomic E-state index is 12.5. The number of sulfonamides is 1. The summed E-state index contributed by atoms with van der Waals surface area (Å²) in [6, 6.07) is 19.1. The molecule has 0 heterocycles. The Morgan fingerprint density at radius 3 is 2.32 bits per heavy atom. The second-order valence-electron chi connectivity index (χ2n) is 8.16. The molecule has 2 aromatic rings. The van der Waals surface area contributed by atoms with Crippen LogP contribution in [0.2, 0.25) is 0 Å². The van der Waals surface area contributed by atoms with Crippen LogP contribution >= 0.6 is 0 Å². The lowest BCUT2D eigenvalue weighted by atomic mass is 10.2. The molecule has 2 rings (SSSR count). The van der Waals surface area contributed by atoms with Gasteiger partial charge in [0.2, 0.25) is 10.0 Å². The van der Waals surface area contributed by atoms with Gasteiger partial charge in [0.25, 0.3) is 0 Å². The summed E-state index contributed by atoms with van der Waals surface area (Å²) in [6.45, 7) is 7.89. The van der Waals surface area contributed by atoms with Crippen molar-refractivity contribution in [1.82, 2.24) is 9.62 Å². The standard InChI is InChI=1S/C24H30N2O4S/c1-20-13-15-22(16-14-20)31(28,29)25-17-9-6-10-18-26(23(27)30-24(2,3)4)19-21-11-7-5-8-12-21/h5,7-8,11-16,25H,6,9,17,19H2,1-4H3. The van der Waals surface area contributed by atoms with E-state index in [0.717, 1.165) is 11.1 Å². The van der Waals surface area contributed by atoms with E-state index >= 15 is 0 Å². The maximum atomic E-state index is 12.5. The molecule has 7 heteroatoms. The predicted octanol–water partition coefficient (Wildman–Crippen LogP) is 4.45. The molecule has 0 aliphatic heterocycles. The Morgan fingerprint density at radius 1 is 1.06 bits per heavy atom. The summed E-state index contributed by atoms with van der Waals surface area (Å²) in [6.07, 6.45) is 0.444. The summed E-state index contributed by atoms with van der Waals surface area (Å²) in [4.78, 5) is 14.1. The van der Waals surface area contributed by atoms with Gasteiger partial charge in [-0.3, -0.25) is 0 Å². The van der Waals surface area contributed by atoms with Crippen molar-refractivity contribution in [3.05, 3.63) is 65.7 Å². The number of hydrogen-bond acceptors (Lipinski definition) is 4. The first-order chi connectivity index (χ1) is 14.6. The summed E-state index contributed by atoms with van der Waals surface area (Å²) >= 11 is 0. The number of ether oxygens (including phenoxy) is 1. The number of rotatable bonds is 7. The highest BCUT2D eigenvalue weighted by molar-refractivity contribution is 7.89. The molecule has 6 nitrogen and oxygen atoms in total. The molecular formula is C24H30N2O4S. The van der Waals surface area contributed by atoms with Crippen LogP contribution < -0.4 is 4.72 Å². The highest BCUT2D eigenvalue weighted by atomic mass is 32.2. The SMILES string of the molecule is Cc1ccc(S(=O)(=O)NCCCC#CN(Cc2ccccc2)C(=O)OC(C)(C)C)cc1. The van der Waals surface area contributed by atoms with Gasteiger partial charge in [0, 0.05) is 19.0 Å². The fourth-order valence-corrected chi connectivity index (χ4v) is 3.64. The van der Waals surface area contributed by atoms with Crippen molar-refractivity contribution in [1.29, 1.82) is 0 Å². The van der Waals surface area contributed by atoms with Crippen LogP contribution in [0, 0.1) is 18.9 Å². The average molecular weight is 443 g/mol. The third-order valence-electron chi connectivity index (χ3n) is 4.11. The van der Waals surface area contributed by atoms with Gasteiger partial charge in [-0.1, -0.05) is 53.9 Å². The van der Waals surface area contributed by atoms with Gasteiger partial charge in [0.1, 0.15) is 5.60 Å². The second kappa shape index (κ2) is 11.0. The van der Waals surface area contributed by atoms with Crippen molar-refractivity contribution in [3.63, 3.8) is 0 Å². The fourth-order valence-electron chi connectivity index (χ4n) is 2.57. The molecule has 31 heavy (non-hydrogen) atoms. The molecule has 0 radical (unpaired) electrons. The second-order valence-corrected chi connectivity index (χ2v) is 9.92. The molecule has 0 saturated carbocycles. The Bertz CT molecular complexity index is 1020. The highest BCUT2D eigenvalue weighted by Gasteiger charge is 2.21. The fraction of sp³-hybridized carbons (Fsp3) is 0.375. The van der Waals surface area contributed by atoms with Crippen molar-refractivity contribution in [3.8, 4) is 12.0 Å². The Morgan fingerprint density at radius 2 is 1.71 bits per heavy atom. The van der Waals surface area contributed by atoms with Crippen molar-refractivity contribution in [2.75, 3.05) is 6.54 Å². The highest BCUT2D eigenvalue weighted by Crippen LogP contribution is 2.12. The van der Waals surface area contributed by atoms with Crippen LogP contribution in [0.5, 0.6) is 0 Å². The third kappa shape index (κ3) is 8.83. The Hall–Kier alpha value is -2.82. The van der Waals surface area contributed by atoms with Crippen molar-refractivity contribution in [2.24, 2.45) is 0 Å². The third-order valence-corrected chi connectivity index (χ3v) is 5.59. The number of carbonyl (C=O) groups excluding carboxylic acids is 1. The molecule has 0 aliphatic carbocycles. The predicted molar refractivity (Wildman–Crippen MR) is 122 cm³/mol. The Labute approximate surface area is 185 Å². The molecule has 0 aromatic heterocycles. The molecule has 1 N–H and O–H groups in total. The van der Waals surface area contributed by atoms with Crippen molar-refractivity contribution < 1.29 is 17.9 Å². The Balaban J connectivity index is 1.92. The summed E-state index contributed by atoms with van der Waals surface area (Å²) in [7, 11) is -3.54. The summed E-state index contributed by atoms with van der Waals surface area (Å²) in [5.74, 6) is 2.95. The van der Waals surface area contributed by atoms with E-state index in [-0.39, 0.29) is 11.4 Å². The number of nitrogens with zero attached hydrogens (tertiary/aromatic N) is 1. The lowest BCUT2D eigenvalue weighted by molar-refractivity contribution is 0.0341. The zero-order valence-electron chi connectivity index (χ0n) is 18.5. The van der Waals surface area contributed by atoms with E-state index in [2.05, 4.69) is 16.7 Å². The number of benzene rings is 2. The van der Waals surface area contributed by atoms with Gasteiger partial charge in [-0.15, -0.1) is 0 Å². The van der Waals surface area contributed by atoms with Crippen molar-refractivity contribution in [2.45, 2.75) is 57.6 Å². The molecular weight excluding hydrogens is 412 g/mol. The lowest BCUT2D eigenvalue weighted by Gasteiger charge is -2.23. The molecule has 0 atom stereocenters. The minimum atomic E-state index is -3.54. The van der Waals surface area contributed by atoms with E-state index in [1.54, 1.807) is 45.0 Å². The number of carbonyl (C=O) groups is 1. The average Bonchev–Trinajstić information content (AvgIpc) is 2.69. The Kier molecular flexibility index (Phi) is 8.66. The molecule has 2 aromatic carbocycles. The van der Waals surface area contributed by atoms with Crippen molar-refractivity contribution >= 4 is 16.1 Å². The maximum Gasteiger partial charge on any atom is 0.422 e. The topological polar surface area (TPSA) is 75.7 Å². The normalized spacial score (nSPS) is 11.4. The van der Waals surface area contributed by atoms with Crippen LogP contribution in [-0.4, -0.2) is 31.6 Å². The zero-order chi connectivity index (χ0) is 22.9. The molecule has 166 valence electrons. The number of aryl methyl sites for hydroxylation is 1. The van der Waals surface area contributed by atoms with Gasteiger partial charge < -0.3 is 4.74 Å². The summed E-state index contributed by atoms with van der Waals surface area (Å²) in [5, 5.41) is 0. The smallest absolute Gasteiger partial charge is 0.422 e. The number of amides is 1. The minimum absolute atomic E-state index is 0.239. The monoisotopic (exact) mass is 442 g/mol. The van der Waals surface area contributed by atoms with E-state index in [1.165, 1.54) is 4.90 Å². The number of nitrogens with one attached hydrogen (secondary N) is 1. The molecule has 0 saturated heterocycles. The van der Waals surface area contributed by atoms with Gasteiger partial charge in [0.15, 0.2) is 0 Å². The number of unbranched alkanes of at least 4 members (excludes halogenated alkanes) is 1. The van der Waals surface area contributed by atoms with Gasteiger partial charge in [-0.25, -0.2) is 22.8 Å². The van der Waals surface area contributed by atoms with E-state index in [9.17, 15) is 13.2 Å².